The minimum Gasteiger partial charge on any atom is -0.364 e. The van der Waals surface area contributed by atoms with Crippen molar-refractivity contribution in [3.8, 4) is 0 Å². The number of aromatic amines is 1. The lowest BCUT2D eigenvalue weighted by molar-refractivity contribution is 0.0994. The van der Waals surface area contributed by atoms with E-state index in [1.165, 1.54) is 5.56 Å². The Morgan fingerprint density at radius 2 is 2.28 bits per heavy atom. The van der Waals surface area contributed by atoms with E-state index in [9.17, 15) is 4.79 Å². The lowest BCUT2D eigenvalue weighted by atomic mass is 9.82. The van der Waals surface area contributed by atoms with Gasteiger partial charge in [0.15, 0.2) is 7.11 Å². The molecule has 3 rings (SSSR count). The highest BCUT2D eigenvalue weighted by Gasteiger charge is 2.26. The zero-order valence-electron chi connectivity index (χ0n) is 10.9. The van der Waals surface area contributed by atoms with E-state index in [1.807, 2.05) is 23.9 Å². The summed E-state index contributed by atoms with van der Waals surface area (Å²) in [6.45, 7) is 0. The van der Waals surface area contributed by atoms with Crippen LogP contribution in [0.25, 0.3) is 0 Å². The number of nitrogens with one attached hydrogen (secondary N) is 1. The van der Waals surface area contributed by atoms with Gasteiger partial charge in [-0.1, -0.05) is 30.3 Å². The number of hydrogen-bond acceptors (Lipinski definition) is 2. The van der Waals surface area contributed by atoms with Crippen molar-refractivity contribution in [2.45, 2.75) is 25.2 Å². The van der Waals surface area contributed by atoms with Crippen LogP contribution in [0.3, 0.4) is 0 Å². The van der Waals surface area contributed by atoms with Gasteiger partial charge in [-0.25, -0.2) is 0 Å². The molecule has 1 aromatic heterocycles. The molecule has 92 valence electrons. The first-order chi connectivity index (χ1) is 9.29. The molecule has 1 aromatic carbocycles. The van der Waals surface area contributed by atoms with Gasteiger partial charge < -0.3 is 5.73 Å². The lowest BCUT2D eigenvalue weighted by Gasteiger charge is -2.22. The largest absolute Gasteiger partial charge is 0.364 e. The van der Waals surface area contributed by atoms with Crippen LogP contribution < -0.4 is 5.73 Å². The molecular weight excluding hydrogens is 226 g/mol. The molecule has 1 aliphatic rings. The third kappa shape index (κ3) is 1.79. The van der Waals surface area contributed by atoms with E-state index in [0.717, 1.165) is 30.5 Å². The Labute approximate surface area is 107 Å². The van der Waals surface area contributed by atoms with Gasteiger partial charge in [-0.3, -0.25) is 9.89 Å². The van der Waals surface area contributed by atoms with Crippen LogP contribution in [-0.2, 0) is 12.8 Å². The minimum absolute atomic E-state index is 0.366. The Hall–Kier alpha value is -2.10. The van der Waals surface area contributed by atoms with Crippen LogP contribution in [0.1, 0.15) is 39.6 Å². The predicted octanol–water partition coefficient (Wildman–Crippen LogP) is 1.78. The fourth-order valence-corrected chi connectivity index (χ4v) is 2.69. The second-order valence-electron chi connectivity index (χ2n) is 4.71. The van der Waals surface area contributed by atoms with E-state index >= 15 is 0 Å². The molecule has 1 aliphatic carbocycles. The third-order valence-corrected chi connectivity index (χ3v) is 3.63. The van der Waals surface area contributed by atoms with Crippen molar-refractivity contribution in [2.75, 3.05) is 0 Å². The number of nitrogens with zero attached hydrogens (tertiary/aromatic N) is 1. The van der Waals surface area contributed by atoms with Crippen LogP contribution in [0, 0.1) is 0 Å². The molecule has 0 saturated carbocycles. The molecule has 18 heavy (non-hydrogen) atoms. The van der Waals surface area contributed by atoms with Crippen molar-refractivity contribution >= 4 is 5.91 Å². The Kier molecular flexibility index (Phi) is 2.36. The molecule has 4 heteroatoms. The third-order valence-electron chi connectivity index (χ3n) is 3.63. The Bertz CT molecular complexity index is 594. The fourth-order valence-electron chi connectivity index (χ4n) is 2.69. The van der Waals surface area contributed by atoms with Crippen molar-refractivity contribution in [3.05, 3.63) is 52.8 Å². The molecule has 0 saturated heterocycles. The summed E-state index contributed by atoms with van der Waals surface area (Å²) < 4.78 is 6.96. The number of benzene rings is 1. The van der Waals surface area contributed by atoms with E-state index in [1.54, 1.807) is 0 Å². The van der Waals surface area contributed by atoms with E-state index in [4.69, 9.17) is 1.41 Å². The number of primary amides is 1. The van der Waals surface area contributed by atoms with Gasteiger partial charge in [-0.15, -0.1) is 0 Å². The summed E-state index contributed by atoms with van der Waals surface area (Å²) in [5.41, 5.74) is 5.56. The zero-order valence-corrected chi connectivity index (χ0v) is 9.94. The standard InChI is InChI=1S/C14H15N3O/c15-14(18)13-11-8-10(6-7-12(11)16-17-13)9-4-2-1-3-5-9/h1-5,10H,6-8H2,(H2,15,18)(H,16,17)/i/hD. The average Bonchev–Trinajstić information content (AvgIpc) is 2.90. The van der Waals surface area contributed by atoms with Gasteiger partial charge >= 0.3 is 0 Å². The molecule has 0 radical (unpaired) electrons. The lowest BCUT2D eigenvalue weighted by Crippen LogP contribution is -2.18. The van der Waals surface area contributed by atoms with E-state index in [2.05, 4.69) is 22.3 Å². The maximum atomic E-state index is 11.6. The number of hydrogen-bond donors (Lipinski definition) is 2. The summed E-state index contributed by atoms with van der Waals surface area (Å²) in [5.74, 6) is -0.0187. The molecule has 4 nitrogen and oxygen atoms in total. The van der Waals surface area contributed by atoms with E-state index in [0.29, 0.717) is 11.6 Å². The van der Waals surface area contributed by atoms with Crippen molar-refractivity contribution in [1.82, 2.24) is 10.2 Å². The molecule has 3 N–H and O–H groups in total. The molecule has 1 atom stereocenters. The smallest absolute Gasteiger partial charge is 0.269 e. The van der Waals surface area contributed by atoms with Crippen molar-refractivity contribution < 1.29 is 6.21 Å². The molecule has 0 bridgehead atoms. The summed E-state index contributed by atoms with van der Waals surface area (Å²) >= 11 is 0. The van der Waals surface area contributed by atoms with Gasteiger partial charge in [0.2, 0.25) is 0 Å². The van der Waals surface area contributed by atoms with Crippen LogP contribution in [0.15, 0.2) is 30.3 Å². The summed E-state index contributed by atoms with van der Waals surface area (Å²) in [4.78, 5) is 11.6. The summed E-state index contributed by atoms with van der Waals surface area (Å²) in [7, 11) is 0. The number of aromatic nitrogens is 2. The van der Waals surface area contributed by atoms with Gasteiger partial charge in [0.25, 0.3) is 5.91 Å². The van der Waals surface area contributed by atoms with Crippen molar-refractivity contribution in [2.24, 2.45) is 5.73 Å². The van der Waals surface area contributed by atoms with Gasteiger partial charge in [0.1, 0.15) is 0 Å². The quantitative estimate of drug-likeness (QED) is 0.842. The number of H-pyrrole nitrogens is 1. The first-order valence-corrected chi connectivity index (χ1v) is 6.12. The second-order valence-corrected chi connectivity index (χ2v) is 4.71. The first kappa shape index (κ1) is 9.88. The van der Waals surface area contributed by atoms with Crippen LogP contribution in [0.2, 0.25) is 1.41 Å². The van der Waals surface area contributed by atoms with E-state index in [-0.39, 0.29) is 0 Å². The molecule has 2 aromatic rings. The maximum absolute atomic E-state index is 11.6. The number of carbonyl (C=O) groups excluding carboxylic acids is 1. The molecule has 0 aliphatic heterocycles. The van der Waals surface area contributed by atoms with Gasteiger partial charge in [0.05, 0.1) is 0 Å². The average molecular weight is 242 g/mol. The molecule has 1 heterocycles. The van der Waals surface area contributed by atoms with Crippen molar-refractivity contribution in [1.29, 1.82) is 0 Å². The fraction of sp³-hybridized carbons (Fsp3) is 0.286. The maximum Gasteiger partial charge on any atom is 0.269 e. The minimum atomic E-state index is -0.439. The number of fused-ring (bicyclic) bond motifs is 1. The highest BCUT2D eigenvalue weighted by Crippen LogP contribution is 2.32. The van der Waals surface area contributed by atoms with Gasteiger partial charge in [-0.2, -0.15) is 5.10 Å². The molecule has 1 amide bonds. The molecule has 0 spiro atoms. The van der Waals surface area contributed by atoms with Crippen LogP contribution in [-0.4, -0.2) is 16.1 Å². The SMILES string of the molecule is [2H]NC(=O)c1n[nH]c2c1CC(c1ccccc1)CC2. The summed E-state index contributed by atoms with van der Waals surface area (Å²) in [6.07, 6.45) is 2.76. The first-order valence-electron chi connectivity index (χ1n) is 6.62. The molecular formula is C14H15N3O. The normalized spacial score (nSPS) is 18.9. The van der Waals surface area contributed by atoms with Crippen LogP contribution in [0.4, 0.5) is 0 Å². The number of nitrogens with two attached hydrogens (primary N) is 1. The van der Waals surface area contributed by atoms with Crippen molar-refractivity contribution in [3.63, 3.8) is 0 Å². The molecule has 1 unspecified atom stereocenters. The monoisotopic (exact) mass is 242 g/mol. The second kappa shape index (κ2) is 4.29. The highest BCUT2D eigenvalue weighted by atomic mass is 16.1. The Morgan fingerprint density at radius 1 is 1.44 bits per heavy atom. The number of amides is 1. The number of rotatable bonds is 2. The summed E-state index contributed by atoms with van der Waals surface area (Å²) in [6, 6.07) is 10.3. The summed E-state index contributed by atoms with van der Waals surface area (Å²) in [5, 5.41) is 6.96. The Morgan fingerprint density at radius 3 is 3.06 bits per heavy atom. The molecule has 0 fully saturated rings. The van der Waals surface area contributed by atoms with Crippen LogP contribution >= 0.6 is 0 Å². The van der Waals surface area contributed by atoms with E-state index < -0.39 is 5.91 Å². The zero-order chi connectivity index (χ0) is 13.2. The topological polar surface area (TPSA) is 71.8 Å². The predicted molar refractivity (Wildman–Crippen MR) is 68.3 cm³/mol. The number of carbonyl (C=O) groups is 1. The highest BCUT2D eigenvalue weighted by molar-refractivity contribution is 5.92. The number of aryl methyl sites for hydroxylation is 1. The van der Waals surface area contributed by atoms with Gasteiger partial charge in [0, 0.05) is 11.3 Å². The van der Waals surface area contributed by atoms with Gasteiger partial charge in [-0.05, 0) is 30.7 Å². The Balaban J connectivity index is 1.91. The van der Waals surface area contributed by atoms with Crippen LogP contribution in [0.5, 0.6) is 0 Å².